The number of carbonyl (C=O) groups is 1. The summed E-state index contributed by atoms with van der Waals surface area (Å²) in [6.45, 7) is 1.81. The number of nitrogens with one attached hydrogen (secondary N) is 1. The van der Waals surface area contributed by atoms with Crippen LogP contribution in [0, 0.1) is 12.7 Å². The fourth-order valence-electron chi connectivity index (χ4n) is 2.86. The summed E-state index contributed by atoms with van der Waals surface area (Å²) >= 11 is 5.90. The van der Waals surface area contributed by atoms with Crippen molar-refractivity contribution in [2.24, 2.45) is 0 Å². The Kier molecular flexibility index (Phi) is 5.14. The van der Waals surface area contributed by atoms with Crippen molar-refractivity contribution in [1.29, 1.82) is 0 Å². The third-order valence-corrected chi connectivity index (χ3v) is 4.62. The normalized spacial score (nSPS) is 10.9. The Labute approximate surface area is 170 Å². The largest absolute Gasteiger partial charge is 0.334 e. The minimum absolute atomic E-state index is 0.0109. The van der Waals surface area contributed by atoms with E-state index in [1.165, 1.54) is 12.1 Å². The van der Waals surface area contributed by atoms with Crippen molar-refractivity contribution in [3.05, 3.63) is 77.2 Å². The summed E-state index contributed by atoms with van der Waals surface area (Å²) in [4.78, 5) is 16.9. The number of anilines is 1. The number of rotatable bonds is 5. The minimum atomic E-state index is -0.409. The van der Waals surface area contributed by atoms with Crippen molar-refractivity contribution >= 4 is 23.2 Å². The fourth-order valence-corrected chi connectivity index (χ4v) is 2.99. The second-order valence-corrected chi connectivity index (χ2v) is 6.90. The number of carbonyl (C=O) groups excluding carboxylic acids is 1. The molecule has 8 heteroatoms. The van der Waals surface area contributed by atoms with Crippen LogP contribution in [0.2, 0.25) is 5.02 Å². The Balaban J connectivity index is 1.52. The Morgan fingerprint density at radius 1 is 1.21 bits per heavy atom. The molecule has 146 valence electrons. The summed E-state index contributed by atoms with van der Waals surface area (Å²) in [5.41, 5.74) is 2.58. The second-order valence-electron chi connectivity index (χ2n) is 6.46. The molecule has 0 aliphatic carbocycles. The van der Waals surface area contributed by atoms with Gasteiger partial charge in [-0.1, -0.05) is 22.8 Å². The van der Waals surface area contributed by atoms with Gasteiger partial charge in [0.05, 0.1) is 0 Å². The van der Waals surface area contributed by atoms with Gasteiger partial charge in [0.1, 0.15) is 18.1 Å². The number of hydrogen-bond donors (Lipinski definition) is 1. The van der Waals surface area contributed by atoms with E-state index in [9.17, 15) is 9.18 Å². The molecule has 4 aromatic rings. The molecular weight excluding hydrogens is 395 g/mol. The maximum Gasteiger partial charge on any atom is 0.274 e. The Morgan fingerprint density at radius 2 is 2.00 bits per heavy atom. The molecule has 4 rings (SSSR count). The molecule has 29 heavy (non-hydrogen) atoms. The summed E-state index contributed by atoms with van der Waals surface area (Å²) in [5.74, 6) is 0.000622. The number of halogens is 2. The molecule has 0 aliphatic heterocycles. The average molecular weight is 411 g/mol. The van der Waals surface area contributed by atoms with Crippen molar-refractivity contribution in [2.45, 2.75) is 13.5 Å². The number of hydrogen-bond acceptors (Lipinski definition) is 4. The topological polar surface area (TPSA) is 73.0 Å². The van der Waals surface area contributed by atoms with E-state index < -0.39 is 5.82 Å². The molecule has 2 aromatic heterocycles. The van der Waals surface area contributed by atoms with Crippen LogP contribution in [0.3, 0.4) is 0 Å². The zero-order valence-electron chi connectivity index (χ0n) is 15.4. The number of aryl methyl sites for hydroxylation is 1. The molecule has 2 heterocycles. The van der Waals surface area contributed by atoms with Crippen molar-refractivity contribution in [2.75, 3.05) is 5.32 Å². The third kappa shape index (κ3) is 4.20. The molecule has 0 bridgehead atoms. The van der Waals surface area contributed by atoms with E-state index >= 15 is 0 Å². The van der Waals surface area contributed by atoms with Gasteiger partial charge in [-0.25, -0.2) is 4.39 Å². The van der Waals surface area contributed by atoms with Crippen LogP contribution in [-0.2, 0) is 11.3 Å². The van der Waals surface area contributed by atoms with E-state index in [1.54, 1.807) is 60.2 Å². The van der Waals surface area contributed by atoms with Gasteiger partial charge in [0, 0.05) is 22.5 Å². The lowest BCUT2D eigenvalue weighted by molar-refractivity contribution is -0.116. The van der Waals surface area contributed by atoms with E-state index in [-0.39, 0.29) is 18.3 Å². The van der Waals surface area contributed by atoms with Gasteiger partial charge in [0.25, 0.3) is 5.89 Å². The molecule has 2 aromatic carbocycles. The highest BCUT2D eigenvalue weighted by Crippen LogP contribution is 2.24. The van der Waals surface area contributed by atoms with Crippen LogP contribution in [0.15, 0.2) is 65.3 Å². The highest BCUT2D eigenvalue weighted by Gasteiger charge is 2.16. The molecule has 1 N–H and O–H groups in total. The molecule has 1 amide bonds. The van der Waals surface area contributed by atoms with Crippen LogP contribution in [0.5, 0.6) is 0 Å². The van der Waals surface area contributed by atoms with E-state index in [1.807, 2.05) is 0 Å². The van der Waals surface area contributed by atoms with Crippen molar-refractivity contribution < 1.29 is 13.7 Å². The first-order chi connectivity index (χ1) is 14.0. The fraction of sp³-hybridized carbons (Fsp3) is 0.0952. The molecule has 0 aliphatic rings. The van der Waals surface area contributed by atoms with Gasteiger partial charge in [-0.3, -0.25) is 4.79 Å². The first-order valence-corrected chi connectivity index (χ1v) is 9.18. The highest BCUT2D eigenvalue weighted by atomic mass is 35.5. The monoisotopic (exact) mass is 410 g/mol. The van der Waals surface area contributed by atoms with Gasteiger partial charge >= 0.3 is 0 Å². The van der Waals surface area contributed by atoms with Crippen molar-refractivity contribution in [3.63, 3.8) is 0 Å². The molecule has 0 fully saturated rings. The Morgan fingerprint density at radius 3 is 2.79 bits per heavy atom. The predicted molar refractivity (Wildman–Crippen MR) is 108 cm³/mol. The number of benzene rings is 2. The van der Waals surface area contributed by atoms with Crippen LogP contribution in [-0.4, -0.2) is 20.6 Å². The van der Waals surface area contributed by atoms with Crippen LogP contribution >= 0.6 is 11.6 Å². The summed E-state index contributed by atoms with van der Waals surface area (Å²) in [7, 11) is 0. The summed E-state index contributed by atoms with van der Waals surface area (Å²) in [6, 6.07) is 14.9. The average Bonchev–Trinajstić information content (AvgIpc) is 3.34. The maximum absolute atomic E-state index is 13.4. The summed E-state index contributed by atoms with van der Waals surface area (Å²) < 4.78 is 20.5. The van der Waals surface area contributed by atoms with E-state index in [2.05, 4.69) is 15.5 Å². The maximum atomic E-state index is 13.4. The van der Waals surface area contributed by atoms with Gasteiger partial charge in [-0.05, 0) is 61.0 Å². The van der Waals surface area contributed by atoms with Crippen molar-refractivity contribution in [1.82, 2.24) is 14.7 Å². The quantitative estimate of drug-likeness (QED) is 0.505. The molecule has 0 unspecified atom stereocenters. The zero-order valence-corrected chi connectivity index (χ0v) is 16.2. The first-order valence-electron chi connectivity index (χ1n) is 8.81. The van der Waals surface area contributed by atoms with Gasteiger partial charge < -0.3 is 14.4 Å². The van der Waals surface area contributed by atoms with Gasteiger partial charge in [-0.2, -0.15) is 4.98 Å². The predicted octanol–water partition coefficient (Wildman–Crippen LogP) is 4.94. The van der Waals surface area contributed by atoms with Gasteiger partial charge in [-0.15, -0.1) is 0 Å². The lowest BCUT2D eigenvalue weighted by atomic mass is 10.2. The molecule has 0 spiro atoms. The van der Waals surface area contributed by atoms with Crippen molar-refractivity contribution in [3.8, 4) is 23.0 Å². The second kappa shape index (κ2) is 7.89. The molecular formula is C21H16ClFN4O2. The number of amides is 1. The van der Waals surface area contributed by atoms with E-state index in [4.69, 9.17) is 16.1 Å². The molecule has 0 atom stereocenters. The Hall–Kier alpha value is -3.45. The SMILES string of the molecule is Cc1ccc(F)cc1NC(=O)Cn1cccc1-c1nc(-c2ccc(Cl)cc2)no1. The molecule has 0 saturated carbocycles. The zero-order chi connectivity index (χ0) is 20.4. The molecule has 6 nitrogen and oxygen atoms in total. The van der Waals surface area contributed by atoms with Crippen LogP contribution in [0.4, 0.5) is 10.1 Å². The highest BCUT2D eigenvalue weighted by molar-refractivity contribution is 6.30. The smallest absolute Gasteiger partial charge is 0.274 e. The lowest BCUT2D eigenvalue weighted by Crippen LogP contribution is -2.19. The van der Waals surface area contributed by atoms with E-state index in [0.29, 0.717) is 22.2 Å². The number of nitrogens with zero attached hydrogens (tertiary/aromatic N) is 3. The Bertz CT molecular complexity index is 1170. The third-order valence-electron chi connectivity index (χ3n) is 4.36. The number of aromatic nitrogens is 3. The van der Waals surface area contributed by atoms with E-state index in [0.717, 1.165) is 11.1 Å². The molecule has 0 radical (unpaired) electrons. The van der Waals surface area contributed by atoms with Gasteiger partial charge in [0.2, 0.25) is 11.7 Å². The van der Waals surface area contributed by atoms with Crippen LogP contribution in [0.25, 0.3) is 23.0 Å². The van der Waals surface area contributed by atoms with Crippen LogP contribution in [0.1, 0.15) is 5.56 Å². The summed E-state index contributed by atoms with van der Waals surface area (Å²) in [6.07, 6.45) is 1.74. The lowest BCUT2D eigenvalue weighted by Gasteiger charge is -2.10. The molecule has 0 saturated heterocycles. The van der Waals surface area contributed by atoms with Gasteiger partial charge in [0.15, 0.2) is 0 Å². The van der Waals surface area contributed by atoms with Crippen LogP contribution < -0.4 is 5.32 Å². The minimum Gasteiger partial charge on any atom is -0.334 e. The summed E-state index contributed by atoms with van der Waals surface area (Å²) in [5, 5.41) is 7.34. The first kappa shape index (κ1) is 18.9. The standard InChI is InChI=1S/C21H16ClFN4O2/c1-13-4-9-16(23)11-17(13)24-19(28)12-27-10-2-3-18(27)21-25-20(26-29-21)14-5-7-15(22)8-6-14/h2-11H,12H2,1H3,(H,24,28).